The summed E-state index contributed by atoms with van der Waals surface area (Å²) >= 11 is 0. The van der Waals surface area contributed by atoms with E-state index >= 15 is 0 Å². The van der Waals surface area contributed by atoms with E-state index in [0.717, 1.165) is 5.56 Å². The van der Waals surface area contributed by atoms with Gasteiger partial charge in [-0.25, -0.2) is 0 Å². The van der Waals surface area contributed by atoms with E-state index in [2.05, 4.69) is 5.32 Å². The number of carbonyl (C=O) groups excluding carboxylic acids is 2. The van der Waals surface area contributed by atoms with Gasteiger partial charge in [0.15, 0.2) is 0 Å². The molecule has 1 heterocycles. The van der Waals surface area contributed by atoms with Crippen molar-refractivity contribution in [2.45, 2.75) is 6.92 Å². The second-order valence-electron chi connectivity index (χ2n) is 5.56. The van der Waals surface area contributed by atoms with Crippen molar-refractivity contribution < 1.29 is 14.3 Å². The van der Waals surface area contributed by atoms with Crippen LogP contribution < -0.4 is 10.1 Å². The number of fused-ring (bicyclic) bond motifs is 1. The van der Waals surface area contributed by atoms with Crippen molar-refractivity contribution in [3.8, 4) is 5.75 Å². The van der Waals surface area contributed by atoms with Crippen LogP contribution in [0, 0.1) is 6.92 Å². The molecule has 2 amide bonds. The topological polar surface area (TPSA) is 58.6 Å². The minimum atomic E-state index is -0.196. The van der Waals surface area contributed by atoms with Crippen LogP contribution in [0.3, 0.4) is 0 Å². The van der Waals surface area contributed by atoms with Gasteiger partial charge in [-0.2, -0.15) is 0 Å². The molecule has 1 aliphatic rings. The number of nitrogens with one attached hydrogen (secondary N) is 1. The van der Waals surface area contributed by atoms with Gasteiger partial charge in [0.25, 0.3) is 11.8 Å². The molecule has 0 radical (unpaired) electrons. The van der Waals surface area contributed by atoms with Crippen LogP contribution in [0.1, 0.15) is 26.3 Å². The number of likely N-dealkylation sites (N-methyl/N-ethyl adjacent to an activating group) is 1. The predicted octanol–water partition coefficient (Wildman–Crippen LogP) is 2.71. The number of hydrogen-bond donors (Lipinski definition) is 1. The fourth-order valence-corrected chi connectivity index (χ4v) is 2.53. The standard InChI is InChI=1S/C18H18N2O3/c1-12-5-3-4-6-14(12)17(21)19-13-7-8-16-15(11-13)18(22)20(2)9-10-23-16/h3-8,11H,9-10H2,1-2H3,(H,19,21). The molecule has 5 heteroatoms. The van der Waals surface area contributed by atoms with Gasteiger partial charge < -0.3 is 15.0 Å². The predicted molar refractivity (Wildman–Crippen MR) is 88.0 cm³/mol. The maximum absolute atomic E-state index is 12.4. The number of carbonyl (C=O) groups is 2. The SMILES string of the molecule is Cc1ccccc1C(=O)Nc1ccc2c(c1)C(=O)N(C)CCO2. The highest BCUT2D eigenvalue weighted by Gasteiger charge is 2.21. The molecule has 0 atom stereocenters. The maximum Gasteiger partial charge on any atom is 0.257 e. The number of anilines is 1. The molecule has 0 saturated carbocycles. The van der Waals surface area contributed by atoms with Gasteiger partial charge in [-0.1, -0.05) is 18.2 Å². The lowest BCUT2D eigenvalue weighted by molar-refractivity contribution is 0.0796. The third-order valence-electron chi connectivity index (χ3n) is 3.89. The number of amides is 2. The molecule has 2 aromatic rings. The molecule has 0 aromatic heterocycles. The molecule has 1 N–H and O–H groups in total. The van der Waals surface area contributed by atoms with Crippen LogP contribution >= 0.6 is 0 Å². The second-order valence-corrected chi connectivity index (χ2v) is 5.56. The van der Waals surface area contributed by atoms with Crippen LogP contribution in [0.2, 0.25) is 0 Å². The lowest BCUT2D eigenvalue weighted by atomic mass is 10.1. The van der Waals surface area contributed by atoms with Gasteiger partial charge in [0, 0.05) is 18.3 Å². The Bertz CT molecular complexity index is 771. The van der Waals surface area contributed by atoms with Crippen LogP contribution in [0.15, 0.2) is 42.5 Å². The molecule has 0 saturated heterocycles. The molecular weight excluding hydrogens is 292 g/mol. The van der Waals surface area contributed by atoms with Crippen LogP contribution in [-0.4, -0.2) is 36.9 Å². The number of ether oxygens (including phenoxy) is 1. The van der Waals surface area contributed by atoms with Crippen LogP contribution in [0.4, 0.5) is 5.69 Å². The zero-order valence-electron chi connectivity index (χ0n) is 13.1. The highest BCUT2D eigenvalue weighted by molar-refractivity contribution is 6.06. The van der Waals surface area contributed by atoms with Crippen molar-refractivity contribution in [1.82, 2.24) is 4.90 Å². The van der Waals surface area contributed by atoms with Crippen molar-refractivity contribution in [1.29, 1.82) is 0 Å². The summed E-state index contributed by atoms with van der Waals surface area (Å²) in [5, 5.41) is 2.84. The third kappa shape index (κ3) is 3.04. The highest BCUT2D eigenvalue weighted by Crippen LogP contribution is 2.26. The number of hydrogen-bond acceptors (Lipinski definition) is 3. The summed E-state index contributed by atoms with van der Waals surface area (Å²) < 4.78 is 5.58. The molecule has 0 aliphatic carbocycles. The van der Waals surface area contributed by atoms with Crippen molar-refractivity contribution in [2.75, 3.05) is 25.5 Å². The summed E-state index contributed by atoms with van der Waals surface area (Å²) in [6.45, 7) is 2.89. The zero-order valence-corrected chi connectivity index (χ0v) is 13.1. The zero-order chi connectivity index (χ0) is 16.4. The van der Waals surface area contributed by atoms with Crippen molar-refractivity contribution >= 4 is 17.5 Å². The first kappa shape index (κ1) is 15.1. The molecule has 3 rings (SSSR count). The van der Waals surface area contributed by atoms with E-state index in [4.69, 9.17) is 4.74 Å². The van der Waals surface area contributed by atoms with Gasteiger partial charge in [0.05, 0.1) is 12.1 Å². The van der Waals surface area contributed by atoms with Gasteiger partial charge >= 0.3 is 0 Å². The lowest BCUT2D eigenvalue weighted by Crippen LogP contribution is -2.27. The Morgan fingerprint density at radius 3 is 2.78 bits per heavy atom. The Morgan fingerprint density at radius 1 is 1.22 bits per heavy atom. The Morgan fingerprint density at radius 2 is 2.00 bits per heavy atom. The minimum Gasteiger partial charge on any atom is -0.491 e. The van der Waals surface area contributed by atoms with E-state index in [1.165, 1.54) is 0 Å². The summed E-state index contributed by atoms with van der Waals surface area (Å²) in [4.78, 5) is 26.3. The third-order valence-corrected chi connectivity index (χ3v) is 3.89. The highest BCUT2D eigenvalue weighted by atomic mass is 16.5. The van der Waals surface area contributed by atoms with E-state index in [-0.39, 0.29) is 11.8 Å². The van der Waals surface area contributed by atoms with Crippen LogP contribution in [0.5, 0.6) is 5.75 Å². The van der Waals surface area contributed by atoms with E-state index in [9.17, 15) is 9.59 Å². The van der Waals surface area contributed by atoms with Crippen molar-refractivity contribution in [3.05, 3.63) is 59.2 Å². The molecule has 23 heavy (non-hydrogen) atoms. The first-order chi connectivity index (χ1) is 11.1. The van der Waals surface area contributed by atoms with Gasteiger partial charge in [-0.05, 0) is 36.8 Å². The minimum absolute atomic E-state index is 0.107. The van der Waals surface area contributed by atoms with E-state index in [1.54, 1.807) is 36.2 Å². The first-order valence-electron chi connectivity index (χ1n) is 7.45. The summed E-state index contributed by atoms with van der Waals surface area (Å²) in [7, 11) is 1.74. The monoisotopic (exact) mass is 310 g/mol. The smallest absolute Gasteiger partial charge is 0.257 e. The molecule has 0 unspecified atom stereocenters. The molecule has 2 aromatic carbocycles. The Hall–Kier alpha value is -2.82. The van der Waals surface area contributed by atoms with Gasteiger partial charge in [-0.15, -0.1) is 0 Å². The Balaban J connectivity index is 1.88. The number of aryl methyl sites for hydroxylation is 1. The molecule has 0 spiro atoms. The van der Waals surface area contributed by atoms with Crippen molar-refractivity contribution in [2.24, 2.45) is 0 Å². The van der Waals surface area contributed by atoms with Gasteiger partial charge in [-0.3, -0.25) is 9.59 Å². The summed E-state index contributed by atoms with van der Waals surface area (Å²) in [6.07, 6.45) is 0. The number of benzene rings is 2. The molecule has 0 bridgehead atoms. The normalized spacial score (nSPS) is 13.8. The average molecular weight is 310 g/mol. The Kier molecular flexibility index (Phi) is 4.02. The summed E-state index contributed by atoms with van der Waals surface area (Å²) in [6, 6.07) is 12.5. The van der Waals surface area contributed by atoms with Crippen LogP contribution in [-0.2, 0) is 0 Å². The van der Waals surface area contributed by atoms with Gasteiger partial charge in [0.1, 0.15) is 12.4 Å². The summed E-state index contributed by atoms with van der Waals surface area (Å²) in [5.74, 6) is 0.246. The van der Waals surface area contributed by atoms with E-state index in [0.29, 0.717) is 35.7 Å². The van der Waals surface area contributed by atoms with E-state index in [1.807, 2.05) is 25.1 Å². The lowest BCUT2D eigenvalue weighted by Gasteiger charge is -2.13. The van der Waals surface area contributed by atoms with E-state index < -0.39 is 0 Å². The molecule has 1 aliphatic heterocycles. The fraction of sp³-hybridized carbons (Fsp3) is 0.222. The first-order valence-corrected chi connectivity index (χ1v) is 7.45. The molecule has 118 valence electrons. The molecular formula is C18H18N2O3. The molecule has 0 fully saturated rings. The second kappa shape index (κ2) is 6.12. The van der Waals surface area contributed by atoms with Crippen LogP contribution in [0.25, 0.3) is 0 Å². The summed E-state index contributed by atoms with van der Waals surface area (Å²) in [5.41, 5.74) is 2.55. The maximum atomic E-state index is 12.4. The quantitative estimate of drug-likeness (QED) is 0.928. The largest absolute Gasteiger partial charge is 0.491 e. The van der Waals surface area contributed by atoms with Crippen molar-refractivity contribution in [3.63, 3.8) is 0 Å². The average Bonchev–Trinajstić information content (AvgIpc) is 2.68. The van der Waals surface area contributed by atoms with Gasteiger partial charge in [0.2, 0.25) is 0 Å². The fourth-order valence-electron chi connectivity index (χ4n) is 2.53. The Labute approximate surface area is 134 Å². The number of nitrogens with zero attached hydrogens (tertiary/aromatic N) is 1. The molecule has 5 nitrogen and oxygen atoms in total. The number of rotatable bonds is 2.